The average molecular weight is 198 g/mol. The molecule has 1 amide bonds. The van der Waals surface area contributed by atoms with E-state index in [1.807, 2.05) is 13.1 Å². The average Bonchev–Trinajstić information content (AvgIpc) is 2.61. The number of rotatable bonds is 4. The van der Waals surface area contributed by atoms with Crippen LogP contribution in [0.4, 0.5) is 0 Å². The van der Waals surface area contributed by atoms with E-state index < -0.39 is 0 Å². The normalized spacial score (nSPS) is 10.0. The zero-order chi connectivity index (χ0) is 9.68. The molecule has 1 aromatic rings. The predicted molar refractivity (Wildman–Crippen MR) is 53.6 cm³/mol. The molecule has 1 aromatic heterocycles. The van der Waals surface area contributed by atoms with Crippen LogP contribution in [0.25, 0.3) is 0 Å². The monoisotopic (exact) mass is 198 g/mol. The van der Waals surface area contributed by atoms with Crippen LogP contribution >= 0.6 is 11.3 Å². The number of aromatic nitrogens is 1. The quantitative estimate of drug-likeness (QED) is 0.800. The third-order valence-electron chi connectivity index (χ3n) is 1.71. The first-order chi connectivity index (χ1) is 6.26. The third-order valence-corrected chi connectivity index (χ3v) is 2.85. The smallest absolute Gasteiger partial charge is 0.220 e. The molecule has 0 fully saturated rings. The highest BCUT2D eigenvalue weighted by Gasteiger charge is 2.01. The maximum Gasteiger partial charge on any atom is 0.220 e. The molecule has 0 unspecified atom stereocenters. The molecule has 13 heavy (non-hydrogen) atoms. The van der Waals surface area contributed by atoms with E-state index in [0.29, 0.717) is 13.0 Å². The summed E-state index contributed by atoms with van der Waals surface area (Å²) in [6.45, 7) is 4.51. The van der Waals surface area contributed by atoms with Crippen molar-refractivity contribution in [1.82, 2.24) is 10.3 Å². The number of nitrogens with one attached hydrogen (secondary N) is 1. The number of hydrogen-bond donors (Lipinski definition) is 1. The van der Waals surface area contributed by atoms with Gasteiger partial charge in [-0.2, -0.15) is 0 Å². The molecule has 0 aliphatic rings. The largest absolute Gasteiger partial charge is 0.350 e. The van der Waals surface area contributed by atoms with Crippen LogP contribution in [0.3, 0.4) is 0 Å². The highest BCUT2D eigenvalue weighted by Crippen LogP contribution is 2.12. The fraction of sp³-hybridized carbons (Fsp3) is 0.556. The van der Waals surface area contributed by atoms with E-state index in [4.69, 9.17) is 0 Å². The predicted octanol–water partition coefficient (Wildman–Crippen LogP) is 1.73. The summed E-state index contributed by atoms with van der Waals surface area (Å²) in [5.41, 5.74) is 0. The second-order valence-electron chi connectivity index (χ2n) is 2.70. The zero-order valence-corrected chi connectivity index (χ0v) is 8.78. The minimum atomic E-state index is 0.0771. The molecule has 1 rings (SSSR count). The van der Waals surface area contributed by atoms with Crippen molar-refractivity contribution >= 4 is 17.2 Å². The van der Waals surface area contributed by atoms with E-state index in [-0.39, 0.29) is 5.91 Å². The molecular weight excluding hydrogens is 184 g/mol. The summed E-state index contributed by atoms with van der Waals surface area (Å²) in [7, 11) is 0. The van der Waals surface area contributed by atoms with E-state index in [1.165, 1.54) is 4.88 Å². The van der Waals surface area contributed by atoms with Gasteiger partial charge in [-0.05, 0) is 6.42 Å². The van der Waals surface area contributed by atoms with Crippen LogP contribution in [0.1, 0.15) is 30.2 Å². The first kappa shape index (κ1) is 10.2. The van der Waals surface area contributed by atoms with Gasteiger partial charge in [-0.25, -0.2) is 4.98 Å². The molecule has 3 nitrogen and oxygen atoms in total. The van der Waals surface area contributed by atoms with Gasteiger partial charge in [0.25, 0.3) is 0 Å². The maximum absolute atomic E-state index is 10.9. The molecule has 0 saturated heterocycles. The highest BCUT2D eigenvalue weighted by atomic mass is 32.1. The second-order valence-corrected chi connectivity index (χ2v) is 3.90. The van der Waals surface area contributed by atoms with Gasteiger partial charge >= 0.3 is 0 Å². The van der Waals surface area contributed by atoms with E-state index in [9.17, 15) is 4.79 Å². The molecule has 0 aliphatic carbocycles. The SMILES string of the molecule is CCC(=O)NCc1ncc(CC)s1. The van der Waals surface area contributed by atoms with Crippen molar-refractivity contribution in [3.63, 3.8) is 0 Å². The maximum atomic E-state index is 10.9. The van der Waals surface area contributed by atoms with Gasteiger partial charge in [0.05, 0.1) is 6.54 Å². The van der Waals surface area contributed by atoms with Crippen LogP contribution in [0.5, 0.6) is 0 Å². The van der Waals surface area contributed by atoms with Gasteiger partial charge in [-0.15, -0.1) is 11.3 Å². The van der Waals surface area contributed by atoms with Crippen LogP contribution in [-0.2, 0) is 17.8 Å². The fourth-order valence-corrected chi connectivity index (χ4v) is 1.69. The van der Waals surface area contributed by atoms with E-state index in [1.54, 1.807) is 11.3 Å². The van der Waals surface area contributed by atoms with Gasteiger partial charge in [0.1, 0.15) is 5.01 Å². The van der Waals surface area contributed by atoms with Crippen molar-refractivity contribution in [3.8, 4) is 0 Å². The van der Waals surface area contributed by atoms with E-state index in [2.05, 4.69) is 17.2 Å². The summed E-state index contributed by atoms with van der Waals surface area (Å²) in [6.07, 6.45) is 3.42. The summed E-state index contributed by atoms with van der Waals surface area (Å²) in [6, 6.07) is 0. The first-order valence-electron chi connectivity index (χ1n) is 4.46. The number of hydrogen-bond acceptors (Lipinski definition) is 3. The molecule has 72 valence electrons. The van der Waals surface area contributed by atoms with Crippen LogP contribution in [-0.4, -0.2) is 10.9 Å². The standard InChI is InChI=1S/C9H14N2OS/c1-3-7-5-11-9(13-7)6-10-8(12)4-2/h5H,3-4,6H2,1-2H3,(H,10,12). The van der Waals surface area contributed by atoms with Crippen molar-refractivity contribution in [1.29, 1.82) is 0 Å². The number of carbonyl (C=O) groups is 1. The molecule has 0 aromatic carbocycles. The fourth-order valence-electron chi connectivity index (χ4n) is 0.892. The van der Waals surface area contributed by atoms with Gasteiger partial charge in [-0.1, -0.05) is 13.8 Å². The molecule has 0 atom stereocenters. The Balaban J connectivity index is 2.41. The molecule has 1 heterocycles. The lowest BCUT2D eigenvalue weighted by molar-refractivity contribution is -0.120. The summed E-state index contributed by atoms with van der Waals surface area (Å²) in [5.74, 6) is 0.0771. The van der Waals surface area contributed by atoms with E-state index in [0.717, 1.165) is 11.4 Å². The Morgan fingerprint density at radius 2 is 2.38 bits per heavy atom. The number of amides is 1. The molecule has 0 radical (unpaired) electrons. The summed E-state index contributed by atoms with van der Waals surface area (Å²) >= 11 is 1.66. The Hall–Kier alpha value is -0.900. The minimum Gasteiger partial charge on any atom is -0.350 e. The van der Waals surface area contributed by atoms with Crippen molar-refractivity contribution in [2.75, 3.05) is 0 Å². The molecule has 4 heteroatoms. The van der Waals surface area contributed by atoms with Crippen LogP contribution in [0.15, 0.2) is 6.20 Å². The molecular formula is C9H14N2OS. The molecule has 0 spiro atoms. The molecule has 0 saturated carbocycles. The zero-order valence-electron chi connectivity index (χ0n) is 7.96. The Bertz CT molecular complexity index is 283. The Morgan fingerprint density at radius 1 is 1.62 bits per heavy atom. The van der Waals surface area contributed by atoms with Crippen LogP contribution in [0, 0.1) is 0 Å². The summed E-state index contributed by atoms with van der Waals surface area (Å²) in [5, 5.41) is 3.78. The number of carbonyl (C=O) groups excluding carboxylic acids is 1. The Labute approximate surface area is 82.2 Å². The highest BCUT2D eigenvalue weighted by molar-refractivity contribution is 7.11. The van der Waals surface area contributed by atoms with Gasteiger partial charge in [-0.3, -0.25) is 4.79 Å². The topological polar surface area (TPSA) is 42.0 Å². The van der Waals surface area contributed by atoms with Gasteiger partial charge in [0, 0.05) is 17.5 Å². The van der Waals surface area contributed by atoms with Gasteiger partial charge in [0.15, 0.2) is 0 Å². The van der Waals surface area contributed by atoms with Crippen LogP contribution < -0.4 is 5.32 Å². The number of aryl methyl sites for hydroxylation is 1. The number of nitrogens with zero attached hydrogens (tertiary/aromatic N) is 1. The van der Waals surface area contributed by atoms with Crippen molar-refractivity contribution in [2.45, 2.75) is 33.2 Å². The van der Waals surface area contributed by atoms with Gasteiger partial charge < -0.3 is 5.32 Å². The third kappa shape index (κ3) is 3.14. The Morgan fingerprint density at radius 3 is 2.92 bits per heavy atom. The molecule has 0 aliphatic heterocycles. The minimum absolute atomic E-state index is 0.0771. The molecule has 1 N–H and O–H groups in total. The second kappa shape index (κ2) is 4.97. The van der Waals surface area contributed by atoms with Gasteiger partial charge in [0.2, 0.25) is 5.91 Å². The summed E-state index contributed by atoms with van der Waals surface area (Å²) < 4.78 is 0. The number of thiazole rings is 1. The van der Waals surface area contributed by atoms with Crippen molar-refractivity contribution in [2.24, 2.45) is 0 Å². The lowest BCUT2D eigenvalue weighted by atomic mass is 10.4. The van der Waals surface area contributed by atoms with Crippen molar-refractivity contribution in [3.05, 3.63) is 16.1 Å². The summed E-state index contributed by atoms with van der Waals surface area (Å²) in [4.78, 5) is 16.4. The van der Waals surface area contributed by atoms with E-state index >= 15 is 0 Å². The molecule has 0 bridgehead atoms. The lowest BCUT2D eigenvalue weighted by Gasteiger charge is -1.98. The first-order valence-corrected chi connectivity index (χ1v) is 5.28. The lowest BCUT2D eigenvalue weighted by Crippen LogP contribution is -2.21. The van der Waals surface area contributed by atoms with Crippen LogP contribution in [0.2, 0.25) is 0 Å². The van der Waals surface area contributed by atoms with Crippen molar-refractivity contribution < 1.29 is 4.79 Å². The Kier molecular flexibility index (Phi) is 3.89.